The number of fused-ring (bicyclic) bond motifs is 1. The molecule has 1 N–H and O–H groups in total. The summed E-state index contributed by atoms with van der Waals surface area (Å²) in [6, 6.07) is 2.89. The zero-order valence-corrected chi connectivity index (χ0v) is 15.6. The molecule has 1 unspecified atom stereocenters. The summed E-state index contributed by atoms with van der Waals surface area (Å²) in [5, 5.41) is 2.96. The zero-order chi connectivity index (χ0) is 18.8. The topological polar surface area (TPSA) is 80.1 Å². The van der Waals surface area contributed by atoms with E-state index in [0.717, 1.165) is 11.4 Å². The molecular formula is C19H25N5O2. The molecule has 0 aliphatic carbocycles. The lowest BCUT2D eigenvalue weighted by molar-refractivity contribution is -0.127. The Morgan fingerprint density at radius 3 is 2.65 bits per heavy atom. The Bertz CT molecular complexity index is 798. The number of pyridine rings is 1. The predicted molar refractivity (Wildman–Crippen MR) is 97.6 cm³/mol. The van der Waals surface area contributed by atoms with Gasteiger partial charge in [-0.2, -0.15) is 0 Å². The highest BCUT2D eigenvalue weighted by Crippen LogP contribution is 2.32. The molecule has 0 aromatic carbocycles. The Hall–Kier alpha value is -2.70. The summed E-state index contributed by atoms with van der Waals surface area (Å²) in [5.74, 6) is -0.371. The lowest BCUT2D eigenvalue weighted by atomic mass is 9.99. The second kappa shape index (κ2) is 7.27. The van der Waals surface area contributed by atoms with Gasteiger partial charge >= 0.3 is 0 Å². The summed E-state index contributed by atoms with van der Waals surface area (Å²) in [7, 11) is 0. The number of amides is 2. The van der Waals surface area contributed by atoms with Gasteiger partial charge in [-0.25, -0.2) is 4.98 Å². The fraction of sp³-hybridized carbons (Fsp3) is 0.474. The number of nitrogens with one attached hydrogen (secondary N) is 1. The van der Waals surface area contributed by atoms with Crippen molar-refractivity contribution in [3.05, 3.63) is 47.8 Å². The number of imidazole rings is 1. The van der Waals surface area contributed by atoms with Gasteiger partial charge in [-0.1, -0.05) is 0 Å². The molecule has 1 aliphatic heterocycles. The minimum atomic E-state index is -0.696. The molecule has 2 aromatic heterocycles. The van der Waals surface area contributed by atoms with Crippen LogP contribution in [0.1, 0.15) is 61.5 Å². The first-order chi connectivity index (χ1) is 12.4. The fourth-order valence-corrected chi connectivity index (χ4v) is 3.32. The van der Waals surface area contributed by atoms with Crippen LogP contribution in [0, 0.1) is 0 Å². The Morgan fingerprint density at radius 2 is 2.04 bits per heavy atom. The summed E-state index contributed by atoms with van der Waals surface area (Å²) in [4.78, 5) is 36.3. The van der Waals surface area contributed by atoms with E-state index in [1.54, 1.807) is 29.6 Å². The van der Waals surface area contributed by atoms with Gasteiger partial charge in [0.25, 0.3) is 5.91 Å². The maximum atomic E-state index is 13.1. The van der Waals surface area contributed by atoms with Gasteiger partial charge < -0.3 is 14.8 Å². The van der Waals surface area contributed by atoms with E-state index in [-0.39, 0.29) is 23.9 Å². The lowest BCUT2D eigenvalue weighted by Gasteiger charge is -2.36. The van der Waals surface area contributed by atoms with E-state index in [4.69, 9.17) is 0 Å². The summed E-state index contributed by atoms with van der Waals surface area (Å²) in [6.07, 6.45) is 5.56. The van der Waals surface area contributed by atoms with E-state index in [9.17, 15) is 9.59 Å². The molecular weight excluding hydrogens is 330 g/mol. The highest BCUT2D eigenvalue weighted by Gasteiger charge is 2.39. The van der Waals surface area contributed by atoms with Gasteiger partial charge in [0.05, 0.1) is 23.3 Å². The molecule has 2 amide bonds. The van der Waals surface area contributed by atoms with Crippen LogP contribution in [0.25, 0.3) is 0 Å². The molecule has 0 fully saturated rings. The van der Waals surface area contributed by atoms with Gasteiger partial charge in [0.2, 0.25) is 5.91 Å². The summed E-state index contributed by atoms with van der Waals surface area (Å²) in [6.45, 7) is 8.36. The smallest absolute Gasteiger partial charge is 0.256 e. The third-order valence-electron chi connectivity index (χ3n) is 4.48. The van der Waals surface area contributed by atoms with Crippen molar-refractivity contribution in [3.8, 4) is 0 Å². The highest BCUT2D eigenvalue weighted by molar-refractivity contribution is 5.98. The molecule has 0 saturated heterocycles. The molecule has 1 atom stereocenters. The Balaban J connectivity index is 2.05. The van der Waals surface area contributed by atoms with Gasteiger partial charge in [-0.05, 0) is 39.8 Å². The van der Waals surface area contributed by atoms with Crippen LogP contribution in [-0.4, -0.2) is 43.8 Å². The highest BCUT2D eigenvalue weighted by atomic mass is 16.2. The molecule has 0 spiro atoms. The van der Waals surface area contributed by atoms with E-state index in [1.807, 2.05) is 32.3 Å². The largest absolute Gasteiger partial charge is 0.352 e. The molecule has 2 aromatic rings. The van der Waals surface area contributed by atoms with Gasteiger partial charge in [0.15, 0.2) is 6.04 Å². The van der Waals surface area contributed by atoms with E-state index < -0.39 is 6.04 Å². The van der Waals surface area contributed by atoms with Crippen LogP contribution in [0.15, 0.2) is 30.9 Å². The number of aromatic nitrogens is 3. The van der Waals surface area contributed by atoms with Crippen LogP contribution in [0.2, 0.25) is 0 Å². The minimum Gasteiger partial charge on any atom is -0.352 e. The molecule has 0 radical (unpaired) electrons. The van der Waals surface area contributed by atoms with Crippen molar-refractivity contribution >= 4 is 11.8 Å². The number of hydrogen-bond donors (Lipinski definition) is 1. The number of rotatable bonds is 4. The summed E-state index contributed by atoms with van der Waals surface area (Å²) in [5.41, 5.74) is 2.17. The average Bonchev–Trinajstić information content (AvgIpc) is 3.04. The quantitative estimate of drug-likeness (QED) is 0.911. The minimum absolute atomic E-state index is 0.0151. The molecule has 26 heavy (non-hydrogen) atoms. The monoisotopic (exact) mass is 355 g/mol. The Morgan fingerprint density at radius 1 is 1.27 bits per heavy atom. The van der Waals surface area contributed by atoms with Crippen molar-refractivity contribution < 1.29 is 9.59 Å². The van der Waals surface area contributed by atoms with Crippen LogP contribution in [0.4, 0.5) is 0 Å². The molecule has 138 valence electrons. The first-order valence-electron chi connectivity index (χ1n) is 8.97. The van der Waals surface area contributed by atoms with Crippen molar-refractivity contribution in [2.45, 2.75) is 52.2 Å². The van der Waals surface area contributed by atoms with Crippen molar-refractivity contribution in [1.82, 2.24) is 24.8 Å². The number of carbonyl (C=O) groups is 2. The number of carbonyl (C=O) groups excluding carboxylic acids is 2. The second-order valence-corrected chi connectivity index (χ2v) is 7.13. The van der Waals surface area contributed by atoms with Crippen LogP contribution < -0.4 is 5.32 Å². The summed E-state index contributed by atoms with van der Waals surface area (Å²) >= 11 is 0. The van der Waals surface area contributed by atoms with Crippen LogP contribution in [0.3, 0.4) is 0 Å². The van der Waals surface area contributed by atoms with Crippen molar-refractivity contribution in [3.63, 3.8) is 0 Å². The van der Waals surface area contributed by atoms with Gasteiger partial charge in [-0.3, -0.25) is 14.6 Å². The van der Waals surface area contributed by atoms with E-state index >= 15 is 0 Å². The molecule has 1 aliphatic rings. The van der Waals surface area contributed by atoms with Crippen molar-refractivity contribution in [1.29, 1.82) is 0 Å². The third kappa shape index (κ3) is 3.34. The van der Waals surface area contributed by atoms with Gasteiger partial charge in [-0.15, -0.1) is 0 Å². The molecule has 7 heteroatoms. The van der Waals surface area contributed by atoms with E-state index in [0.29, 0.717) is 18.5 Å². The Labute approximate surface area is 153 Å². The molecule has 0 bridgehead atoms. The molecule has 3 rings (SSSR count). The maximum Gasteiger partial charge on any atom is 0.256 e. The number of hydrogen-bond acceptors (Lipinski definition) is 4. The molecule has 3 heterocycles. The third-order valence-corrected chi connectivity index (χ3v) is 4.48. The van der Waals surface area contributed by atoms with Crippen LogP contribution >= 0.6 is 0 Å². The van der Waals surface area contributed by atoms with Gasteiger partial charge in [0.1, 0.15) is 0 Å². The van der Waals surface area contributed by atoms with E-state index in [1.165, 1.54) is 6.20 Å². The maximum absolute atomic E-state index is 13.1. The fourth-order valence-electron chi connectivity index (χ4n) is 3.32. The van der Waals surface area contributed by atoms with Crippen molar-refractivity contribution in [2.75, 3.05) is 6.54 Å². The van der Waals surface area contributed by atoms with Gasteiger partial charge in [0, 0.05) is 37.4 Å². The van der Waals surface area contributed by atoms with Crippen LogP contribution in [0.5, 0.6) is 0 Å². The first-order valence-corrected chi connectivity index (χ1v) is 8.97. The van der Waals surface area contributed by atoms with Crippen LogP contribution in [-0.2, 0) is 11.2 Å². The second-order valence-electron chi connectivity index (χ2n) is 7.13. The normalized spacial score (nSPS) is 16.7. The molecule has 7 nitrogen and oxygen atoms in total. The SMILES string of the molecule is CC(C)NC(=O)C1c2c(ncn2C(C)C)CCN1C(=O)c1cccnc1. The first kappa shape index (κ1) is 18.1. The van der Waals surface area contributed by atoms with Crippen molar-refractivity contribution in [2.24, 2.45) is 0 Å². The zero-order valence-electron chi connectivity index (χ0n) is 15.6. The van der Waals surface area contributed by atoms with E-state index in [2.05, 4.69) is 15.3 Å². The lowest BCUT2D eigenvalue weighted by Crippen LogP contribution is -2.49. The Kier molecular flexibility index (Phi) is 5.06. The predicted octanol–water partition coefficient (Wildman–Crippen LogP) is 2.12. The summed E-state index contributed by atoms with van der Waals surface area (Å²) < 4.78 is 1.99. The standard InChI is InChI=1S/C19H25N5O2/c1-12(2)22-18(25)17-16-15(21-11-24(16)13(3)4)7-9-23(17)19(26)14-6-5-8-20-10-14/h5-6,8,10-13,17H,7,9H2,1-4H3,(H,22,25). The molecule has 0 saturated carbocycles. The average molecular weight is 355 g/mol. The number of nitrogens with zero attached hydrogens (tertiary/aromatic N) is 4.